The van der Waals surface area contributed by atoms with E-state index in [1.54, 1.807) is 0 Å². The van der Waals surface area contributed by atoms with E-state index >= 15 is 0 Å². The summed E-state index contributed by atoms with van der Waals surface area (Å²) in [7, 11) is 0. The Hall–Kier alpha value is -1.88. The molecule has 1 saturated carbocycles. The van der Waals surface area contributed by atoms with E-state index in [2.05, 4.69) is 10.1 Å². The summed E-state index contributed by atoms with van der Waals surface area (Å²) in [5.41, 5.74) is 6.88. The van der Waals surface area contributed by atoms with Gasteiger partial charge in [0.1, 0.15) is 5.75 Å². The van der Waals surface area contributed by atoms with Crippen molar-refractivity contribution >= 4 is 0 Å². The van der Waals surface area contributed by atoms with Crippen LogP contribution in [-0.2, 0) is 6.61 Å². The fraction of sp³-hybridized carbons (Fsp3) is 0.429. The predicted molar refractivity (Wildman–Crippen MR) is 69.6 cm³/mol. The van der Waals surface area contributed by atoms with Crippen molar-refractivity contribution in [2.24, 2.45) is 5.73 Å². The molecular formula is C14H17N3O2. The van der Waals surface area contributed by atoms with Gasteiger partial charge in [-0.2, -0.15) is 4.98 Å². The van der Waals surface area contributed by atoms with Gasteiger partial charge in [-0.15, -0.1) is 0 Å². The Bertz CT molecular complexity index is 561. The van der Waals surface area contributed by atoms with Crippen LogP contribution in [0.1, 0.15) is 49.0 Å². The molecule has 1 heterocycles. The van der Waals surface area contributed by atoms with E-state index in [-0.39, 0.29) is 12.6 Å². The topological polar surface area (TPSA) is 74.2 Å². The standard InChI is InChI=1S/C14H17N3O2/c1-9(15)11-4-2-3-5-12(11)18-8-13-16-14(17-19-13)10-6-7-10/h2-5,9-10H,6-8,15H2,1H3/t9-/m0/s1. The van der Waals surface area contributed by atoms with Crippen LogP contribution in [0.3, 0.4) is 0 Å². The Morgan fingerprint density at radius 2 is 2.21 bits per heavy atom. The lowest BCUT2D eigenvalue weighted by molar-refractivity contribution is 0.240. The molecule has 100 valence electrons. The Morgan fingerprint density at radius 3 is 2.95 bits per heavy atom. The molecule has 1 aromatic carbocycles. The first-order chi connectivity index (χ1) is 9.24. The number of nitrogens with two attached hydrogens (primary N) is 1. The van der Waals surface area contributed by atoms with Crippen LogP contribution in [0.5, 0.6) is 5.75 Å². The fourth-order valence-electron chi connectivity index (χ4n) is 1.96. The molecule has 1 aliphatic rings. The number of aromatic nitrogens is 2. The minimum atomic E-state index is -0.0686. The highest BCUT2D eigenvalue weighted by molar-refractivity contribution is 5.35. The maximum Gasteiger partial charge on any atom is 0.264 e. The first kappa shape index (κ1) is 12.2. The molecular weight excluding hydrogens is 242 g/mol. The Balaban J connectivity index is 1.67. The second-order valence-electron chi connectivity index (χ2n) is 4.94. The molecule has 0 saturated heterocycles. The van der Waals surface area contributed by atoms with Crippen LogP contribution in [0.25, 0.3) is 0 Å². The number of para-hydroxylation sites is 1. The summed E-state index contributed by atoms with van der Waals surface area (Å²) in [6.07, 6.45) is 2.32. The zero-order valence-corrected chi connectivity index (χ0v) is 10.9. The summed E-state index contributed by atoms with van der Waals surface area (Å²) in [6, 6.07) is 7.66. The molecule has 1 fully saturated rings. The quantitative estimate of drug-likeness (QED) is 0.893. The normalized spacial score (nSPS) is 16.3. The van der Waals surface area contributed by atoms with Gasteiger partial charge in [0.25, 0.3) is 5.89 Å². The molecule has 0 amide bonds. The van der Waals surface area contributed by atoms with E-state index in [1.807, 2.05) is 31.2 Å². The average molecular weight is 259 g/mol. The minimum Gasteiger partial charge on any atom is -0.483 e. The zero-order valence-electron chi connectivity index (χ0n) is 10.9. The molecule has 0 aliphatic heterocycles. The molecule has 19 heavy (non-hydrogen) atoms. The molecule has 2 N–H and O–H groups in total. The van der Waals surface area contributed by atoms with Crippen LogP contribution < -0.4 is 10.5 Å². The summed E-state index contributed by atoms with van der Waals surface area (Å²) < 4.78 is 10.9. The van der Waals surface area contributed by atoms with Gasteiger partial charge >= 0.3 is 0 Å². The molecule has 0 bridgehead atoms. The van der Waals surface area contributed by atoms with E-state index in [0.717, 1.165) is 30.0 Å². The second-order valence-corrected chi connectivity index (χ2v) is 4.94. The molecule has 5 nitrogen and oxygen atoms in total. The number of hydrogen-bond acceptors (Lipinski definition) is 5. The zero-order chi connectivity index (χ0) is 13.2. The van der Waals surface area contributed by atoms with Gasteiger partial charge in [-0.05, 0) is 25.8 Å². The van der Waals surface area contributed by atoms with Crippen LogP contribution in [0.2, 0.25) is 0 Å². The highest BCUT2D eigenvalue weighted by Gasteiger charge is 2.28. The van der Waals surface area contributed by atoms with Crippen molar-refractivity contribution in [3.63, 3.8) is 0 Å². The van der Waals surface area contributed by atoms with E-state index in [9.17, 15) is 0 Å². The average Bonchev–Trinajstić information content (AvgIpc) is 3.16. The largest absolute Gasteiger partial charge is 0.483 e. The number of ether oxygens (including phenoxy) is 1. The van der Waals surface area contributed by atoms with Gasteiger partial charge < -0.3 is 15.0 Å². The van der Waals surface area contributed by atoms with Crippen LogP contribution >= 0.6 is 0 Å². The molecule has 2 aromatic rings. The third kappa shape index (κ3) is 2.76. The van der Waals surface area contributed by atoms with Crippen molar-refractivity contribution in [2.75, 3.05) is 0 Å². The van der Waals surface area contributed by atoms with Gasteiger partial charge in [0, 0.05) is 17.5 Å². The van der Waals surface area contributed by atoms with Crippen molar-refractivity contribution in [1.29, 1.82) is 0 Å². The Labute approximate surface area is 111 Å². The molecule has 0 spiro atoms. The monoisotopic (exact) mass is 259 g/mol. The molecule has 0 unspecified atom stereocenters. The lowest BCUT2D eigenvalue weighted by atomic mass is 10.1. The summed E-state index contributed by atoms with van der Waals surface area (Å²) in [5, 5.41) is 3.96. The van der Waals surface area contributed by atoms with Gasteiger partial charge in [-0.3, -0.25) is 0 Å². The smallest absolute Gasteiger partial charge is 0.264 e. The van der Waals surface area contributed by atoms with E-state index < -0.39 is 0 Å². The fourth-order valence-corrected chi connectivity index (χ4v) is 1.96. The molecule has 1 atom stereocenters. The molecule has 1 aromatic heterocycles. The van der Waals surface area contributed by atoms with Crippen LogP contribution in [0.15, 0.2) is 28.8 Å². The predicted octanol–water partition coefficient (Wildman–Crippen LogP) is 2.55. The van der Waals surface area contributed by atoms with Crippen LogP contribution in [-0.4, -0.2) is 10.1 Å². The van der Waals surface area contributed by atoms with Crippen molar-refractivity contribution in [2.45, 2.75) is 38.3 Å². The van der Waals surface area contributed by atoms with Crippen molar-refractivity contribution < 1.29 is 9.26 Å². The highest BCUT2D eigenvalue weighted by Crippen LogP contribution is 2.38. The van der Waals surface area contributed by atoms with Crippen molar-refractivity contribution in [3.05, 3.63) is 41.5 Å². The van der Waals surface area contributed by atoms with Crippen molar-refractivity contribution in [1.82, 2.24) is 10.1 Å². The van der Waals surface area contributed by atoms with Gasteiger partial charge in [0.2, 0.25) is 0 Å². The first-order valence-corrected chi connectivity index (χ1v) is 6.54. The Kier molecular flexibility index (Phi) is 3.21. The minimum absolute atomic E-state index is 0.0686. The third-order valence-electron chi connectivity index (χ3n) is 3.19. The molecule has 3 rings (SSSR count). The highest BCUT2D eigenvalue weighted by atomic mass is 16.5. The third-order valence-corrected chi connectivity index (χ3v) is 3.19. The SMILES string of the molecule is C[C@H](N)c1ccccc1OCc1nc(C2CC2)no1. The first-order valence-electron chi connectivity index (χ1n) is 6.54. The maximum atomic E-state index is 5.90. The van der Waals surface area contributed by atoms with Crippen molar-refractivity contribution in [3.8, 4) is 5.75 Å². The Morgan fingerprint density at radius 1 is 1.42 bits per heavy atom. The lowest BCUT2D eigenvalue weighted by Gasteiger charge is -2.12. The lowest BCUT2D eigenvalue weighted by Crippen LogP contribution is -2.08. The molecule has 0 radical (unpaired) electrons. The van der Waals surface area contributed by atoms with Gasteiger partial charge in [0.15, 0.2) is 12.4 Å². The number of nitrogens with zero attached hydrogens (tertiary/aromatic N) is 2. The second kappa shape index (κ2) is 5.01. The summed E-state index contributed by atoms with van der Waals surface area (Å²) in [5.74, 6) is 2.58. The van der Waals surface area contributed by atoms with E-state index in [4.69, 9.17) is 15.0 Å². The summed E-state index contributed by atoms with van der Waals surface area (Å²) in [6.45, 7) is 2.21. The van der Waals surface area contributed by atoms with Gasteiger partial charge in [-0.1, -0.05) is 23.4 Å². The molecule has 1 aliphatic carbocycles. The number of benzene rings is 1. The van der Waals surface area contributed by atoms with Crippen LogP contribution in [0, 0.1) is 0 Å². The number of hydrogen-bond donors (Lipinski definition) is 1. The van der Waals surface area contributed by atoms with Gasteiger partial charge in [-0.25, -0.2) is 0 Å². The molecule has 5 heteroatoms. The van der Waals surface area contributed by atoms with Crippen LogP contribution in [0.4, 0.5) is 0 Å². The summed E-state index contributed by atoms with van der Waals surface area (Å²) >= 11 is 0. The van der Waals surface area contributed by atoms with E-state index in [0.29, 0.717) is 11.8 Å². The maximum absolute atomic E-state index is 5.90. The summed E-state index contributed by atoms with van der Waals surface area (Å²) in [4.78, 5) is 4.33. The van der Waals surface area contributed by atoms with Gasteiger partial charge in [0.05, 0.1) is 0 Å². The number of rotatable bonds is 5. The van der Waals surface area contributed by atoms with E-state index in [1.165, 1.54) is 0 Å².